The number of amides is 4. The third-order valence-electron chi connectivity index (χ3n) is 7.24. The fourth-order valence-corrected chi connectivity index (χ4v) is 5.05. The highest BCUT2D eigenvalue weighted by Crippen LogP contribution is 2.27. The van der Waals surface area contributed by atoms with Crippen molar-refractivity contribution in [3.8, 4) is 0 Å². The summed E-state index contributed by atoms with van der Waals surface area (Å²) in [4.78, 5) is 58.2. The van der Waals surface area contributed by atoms with Crippen LogP contribution in [0.1, 0.15) is 53.3 Å². The number of para-hydroxylation sites is 1. The number of carbonyl (C=O) groups excluding carboxylic acids is 4. The highest BCUT2D eigenvalue weighted by molar-refractivity contribution is 6.45. The van der Waals surface area contributed by atoms with Crippen LogP contribution in [0.4, 0.5) is 10.5 Å². The van der Waals surface area contributed by atoms with Gasteiger partial charge in [0.1, 0.15) is 0 Å². The van der Waals surface area contributed by atoms with E-state index in [0.717, 1.165) is 32.2 Å². The van der Waals surface area contributed by atoms with Crippen LogP contribution >= 0.6 is 0 Å². The molecule has 1 fully saturated rings. The monoisotopic (exact) mass is 546 g/mol. The van der Waals surface area contributed by atoms with E-state index in [9.17, 15) is 19.2 Å². The molecule has 3 aromatic rings. The molecule has 0 bridgehead atoms. The van der Waals surface area contributed by atoms with Crippen LogP contribution in [0.15, 0.2) is 54.7 Å². The van der Waals surface area contributed by atoms with Crippen LogP contribution in [0.25, 0.3) is 10.9 Å². The molecule has 1 aliphatic heterocycles. The van der Waals surface area contributed by atoms with Crippen molar-refractivity contribution in [3.63, 3.8) is 0 Å². The summed E-state index contributed by atoms with van der Waals surface area (Å²) in [7, 11) is 1.94. The molecule has 1 saturated heterocycles. The van der Waals surface area contributed by atoms with Gasteiger partial charge in [-0.15, -0.1) is 0 Å². The minimum atomic E-state index is -0.624. The molecule has 4 amide bonds. The number of benzene rings is 2. The van der Waals surface area contributed by atoms with Gasteiger partial charge in [-0.3, -0.25) is 14.4 Å². The van der Waals surface area contributed by atoms with E-state index in [4.69, 9.17) is 0 Å². The number of piperazine rings is 1. The Hall–Kier alpha value is -4.18. The number of urea groups is 1. The Balaban J connectivity index is 1.35. The van der Waals surface area contributed by atoms with Crippen molar-refractivity contribution in [3.05, 3.63) is 65.9 Å². The van der Waals surface area contributed by atoms with Gasteiger partial charge in [-0.25, -0.2) is 4.79 Å². The number of ketones is 1. The first kappa shape index (κ1) is 28.8. The summed E-state index contributed by atoms with van der Waals surface area (Å²) in [6, 6.07) is 13.6. The molecular formula is C30H38N6O4. The number of fused-ring (bicyclic) bond motifs is 1. The predicted molar refractivity (Wildman–Crippen MR) is 156 cm³/mol. The summed E-state index contributed by atoms with van der Waals surface area (Å²) in [6.45, 7) is 4.38. The van der Waals surface area contributed by atoms with Crippen molar-refractivity contribution in [2.75, 3.05) is 45.1 Å². The van der Waals surface area contributed by atoms with Crippen molar-refractivity contribution in [2.45, 2.75) is 38.6 Å². The van der Waals surface area contributed by atoms with Crippen molar-refractivity contribution in [2.24, 2.45) is 0 Å². The van der Waals surface area contributed by atoms with Gasteiger partial charge >= 0.3 is 6.03 Å². The normalized spacial score (nSPS) is 15.2. The van der Waals surface area contributed by atoms with Crippen molar-refractivity contribution in [1.82, 2.24) is 25.4 Å². The lowest BCUT2D eigenvalue weighted by Crippen LogP contribution is -2.56. The number of rotatable bonds is 11. The number of carbonyl (C=O) groups is 4. The average molecular weight is 547 g/mol. The molecule has 4 rings (SSSR count). The fraction of sp³-hybridized carbons (Fsp3) is 0.400. The Morgan fingerprint density at radius 3 is 2.40 bits per heavy atom. The zero-order valence-electron chi connectivity index (χ0n) is 23.2. The second-order valence-electron chi connectivity index (χ2n) is 10.1. The first-order valence-corrected chi connectivity index (χ1v) is 13.9. The van der Waals surface area contributed by atoms with E-state index in [1.54, 1.807) is 35.2 Å². The van der Waals surface area contributed by atoms with Crippen molar-refractivity contribution < 1.29 is 19.2 Å². The molecule has 1 aliphatic rings. The first-order valence-electron chi connectivity index (χ1n) is 13.9. The molecule has 40 heavy (non-hydrogen) atoms. The number of aromatic nitrogens is 1. The molecular weight excluding hydrogens is 508 g/mol. The standard InChI is InChI=1S/C30H38N6O4/c1-21-20-35(28(38)22-11-6-5-7-12-22)17-18-36(21)29(39)27(37)24-19-33-26-23(24)13-10-14-25(26)34-30(40)32-16-9-4-3-8-15-31-2/h5-7,10-14,19,21,31,33H,3-4,8-9,15-18,20H2,1-2H3,(H2,32,34,40)/t21-/m1/s1. The van der Waals surface area contributed by atoms with E-state index in [2.05, 4.69) is 20.9 Å². The Labute approximate surface area is 234 Å². The summed E-state index contributed by atoms with van der Waals surface area (Å²) < 4.78 is 0. The molecule has 0 spiro atoms. The molecule has 0 unspecified atom stereocenters. The van der Waals surface area contributed by atoms with Gasteiger partial charge in [0.25, 0.3) is 17.6 Å². The van der Waals surface area contributed by atoms with Crippen molar-refractivity contribution in [1.29, 1.82) is 0 Å². The zero-order valence-corrected chi connectivity index (χ0v) is 23.2. The number of anilines is 1. The molecule has 1 atom stereocenters. The van der Waals surface area contributed by atoms with E-state index in [0.29, 0.717) is 41.8 Å². The number of nitrogens with one attached hydrogen (secondary N) is 4. The molecule has 10 nitrogen and oxygen atoms in total. The Bertz CT molecular complexity index is 1340. The van der Waals surface area contributed by atoms with Crippen LogP contribution in [0.2, 0.25) is 0 Å². The number of nitrogens with zero attached hydrogens (tertiary/aromatic N) is 2. The summed E-state index contributed by atoms with van der Waals surface area (Å²) in [5, 5.41) is 9.40. The van der Waals surface area contributed by atoms with E-state index < -0.39 is 11.7 Å². The largest absolute Gasteiger partial charge is 0.359 e. The number of hydrogen-bond donors (Lipinski definition) is 4. The maximum Gasteiger partial charge on any atom is 0.319 e. The summed E-state index contributed by atoms with van der Waals surface area (Å²) in [6.07, 6.45) is 5.69. The second-order valence-corrected chi connectivity index (χ2v) is 10.1. The van der Waals surface area contributed by atoms with Crippen LogP contribution < -0.4 is 16.0 Å². The van der Waals surface area contributed by atoms with Crippen LogP contribution in [-0.4, -0.2) is 84.2 Å². The lowest BCUT2D eigenvalue weighted by Gasteiger charge is -2.39. The van der Waals surface area contributed by atoms with E-state index in [1.807, 2.05) is 32.2 Å². The molecule has 0 aliphatic carbocycles. The molecule has 212 valence electrons. The SMILES string of the molecule is CNCCCCCCNC(=O)Nc1cccc2c(C(=O)C(=O)N3CCN(C(=O)c4ccccc4)C[C@H]3C)c[nH]c12. The van der Waals surface area contributed by atoms with Crippen LogP contribution in [0.3, 0.4) is 0 Å². The third-order valence-corrected chi connectivity index (χ3v) is 7.24. The van der Waals surface area contributed by atoms with Crippen molar-refractivity contribution >= 4 is 40.2 Å². The molecule has 0 radical (unpaired) electrons. The van der Waals surface area contributed by atoms with E-state index in [-0.39, 0.29) is 30.1 Å². The van der Waals surface area contributed by atoms with Crippen LogP contribution in [0, 0.1) is 0 Å². The molecule has 2 heterocycles. The number of H-pyrrole nitrogens is 1. The number of Topliss-reactive ketones (excluding diaryl/α,β-unsaturated/α-hetero) is 1. The number of unbranched alkanes of at least 4 members (excludes halogenated alkanes) is 3. The van der Waals surface area contributed by atoms with Gasteiger partial charge in [0.05, 0.1) is 16.8 Å². The molecule has 4 N–H and O–H groups in total. The van der Waals surface area contributed by atoms with Gasteiger partial charge in [0.2, 0.25) is 0 Å². The predicted octanol–water partition coefficient (Wildman–Crippen LogP) is 3.63. The Morgan fingerprint density at radius 1 is 0.925 bits per heavy atom. The zero-order chi connectivity index (χ0) is 28.5. The lowest BCUT2D eigenvalue weighted by atomic mass is 10.1. The number of hydrogen-bond acceptors (Lipinski definition) is 5. The highest BCUT2D eigenvalue weighted by atomic mass is 16.2. The topological polar surface area (TPSA) is 127 Å². The maximum atomic E-state index is 13.3. The molecule has 0 saturated carbocycles. The van der Waals surface area contributed by atoms with E-state index in [1.165, 1.54) is 11.1 Å². The Morgan fingerprint density at radius 2 is 1.68 bits per heavy atom. The minimum absolute atomic E-state index is 0.0869. The second kappa shape index (κ2) is 13.7. The quantitative estimate of drug-likeness (QED) is 0.166. The van der Waals surface area contributed by atoms with Crippen LogP contribution in [0.5, 0.6) is 0 Å². The van der Waals surface area contributed by atoms with Gasteiger partial charge in [-0.05, 0) is 51.6 Å². The first-order chi connectivity index (χ1) is 19.4. The Kier molecular flexibility index (Phi) is 9.91. The van der Waals surface area contributed by atoms with Gasteiger partial charge in [0, 0.05) is 49.4 Å². The fourth-order valence-electron chi connectivity index (χ4n) is 5.05. The minimum Gasteiger partial charge on any atom is -0.359 e. The summed E-state index contributed by atoms with van der Waals surface area (Å²) in [5.41, 5.74) is 1.95. The molecule has 1 aromatic heterocycles. The summed E-state index contributed by atoms with van der Waals surface area (Å²) in [5.74, 6) is -1.32. The van der Waals surface area contributed by atoms with E-state index >= 15 is 0 Å². The smallest absolute Gasteiger partial charge is 0.319 e. The third kappa shape index (κ3) is 6.87. The molecule has 10 heteroatoms. The number of aromatic amines is 1. The van der Waals surface area contributed by atoms with Gasteiger partial charge in [-0.2, -0.15) is 0 Å². The van der Waals surface area contributed by atoms with Crippen LogP contribution in [-0.2, 0) is 4.79 Å². The maximum absolute atomic E-state index is 13.3. The summed E-state index contributed by atoms with van der Waals surface area (Å²) >= 11 is 0. The van der Waals surface area contributed by atoms with Gasteiger partial charge in [-0.1, -0.05) is 43.2 Å². The average Bonchev–Trinajstić information content (AvgIpc) is 3.41. The molecule has 2 aromatic carbocycles. The van der Waals surface area contributed by atoms with Gasteiger partial charge < -0.3 is 30.7 Å². The lowest BCUT2D eigenvalue weighted by molar-refractivity contribution is -0.130. The van der Waals surface area contributed by atoms with Gasteiger partial charge in [0.15, 0.2) is 0 Å². The highest BCUT2D eigenvalue weighted by Gasteiger charge is 2.34.